The largest absolute Gasteiger partial charge is 0.155 e. The van der Waals surface area contributed by atoms with Crippen molar-refractivity contribution in [1.29, 1.82) is 0 Å². The fraction of sp³-hybridized carbons (Fsp3) is 1.00. The van der Waals surface area contributed by atoms with Gasteiger partial charge in [0.05, 0.1) is 0 Å². The second-order valence-electron chi connectivity index (χ2n) is 3.65. The van der Waals surface area contributed by atoms with Crippen LogP contribution in [0, 0.1) is 5.92 Å². The van der Waals surface area contributed by atoms with E-state index in [2.05, 4.69) is 46.4 Å². The summed E-state index contributed by atoms with van der Waals surface area (Å²) < 4.78 is 0.517. The molecule has 0 saturated heterocycles. The van der Waals surface area contributed by atoms with E-state index in [1.165, 1.54) is 18.6 Å². The molecule has 1 heteroatoms. The van der Waals surface area contributed by atoms with Gasteiger partial charge < -0.3 is 0 Å². The minimum atomic E-state index is 0.517. The molecule has 0 saturated carbocycles. The van der Waals surface area contributed by atoms with E-state index >= 15 is 0 Å². The summed E-state index contributed by atoms with van der Waals surface area (Å²) in [6.07, 6.45) is 2.66. The van der Waals surface area contributed by atoms with E-state index in [-0.39, 0.29) is 0 Å². The van der Waals surface area contributed by atoms with Gasteiger partial charge in [0.1, 0.15) is 0 Å². The summed E-state index contributed by atoms with van der Waals surface area (Å²) in [5.41, 5.74) is 0. The lowest BCUT2D eigenvalue weighted by Crippen LogP contribution is -2.27. The molecular formula is C10H22S. The quantitative estimate of drug-likeness (QED) is 0.608. The Kier molecular flexibility index (Phi) is 5.24. The van der Waals surface area contributed by atoms with Crippen molar-refractivity contribution in [3.8, 4) is 0 Å². The first-order chi connectivity index (χ1) is 5.06. The minimum Gasteiger partial charge on any atom is -0.155 e. The van der Waals surface area contributed by atoms with Crippen molar-refractivity contribution in [3.05, 3.63) is 0 Å². The van der Waals surface area contributed by atoms with Gasteiger partial charge in [-0.05, 0) is 18.1 Å². The van der Waals surface area contributed by atoms with Crippen LogP contribution in [0.15, 0.2) is 0 Å². The summed E-state index contributed by atoms with van der Waals surface area (Å²) in [7, 11) is 0. The molecule has 0 radical (unpaired) electrons. The molecule has 0 aromatic rings. The van der Waals surface area contributed by atoms with Crippen molar-refractivity contribution in [3.63, 3.8) is 0 Å². The molecule has 1 unspecified atom stereocenters. The summed E-state index contributed by atoms with van der Waals surface area (Å²) in [6, 6.07) is 0. The number of rotatable bonds is 5. The lowest BCUT2D eigenvalue weighted by molar-refractivity contribution is 0.435. The maximum absolute atomic E-state index is 2.40. The predicted molar refractivity (Wildman–Crippen MR) is 56.3 cm³/mol. The van der Waals surface area contributed by atoms with Crippen molar-refractivity contribution in [2.24, 2.45) is 5.92 Å². The van der Waals surface area contributed by atoms with Crippen LogP contribution in [-0.2, 0) is 0 Å². The summed E-state index contributed by atoms with van der Waals surface area (Å²) in [4.78, 5) is 0. The Labute approximate surface area is 76.1 Å². The molecule has 0 bridgehead atoms. The highest BCUT2D eigenvalue weighted by Crippen LogP contribution is 2.36. The van der Waals surface area contributed by atoms with Crippen LogP contribution >= 0.6 is 11.8 Å². The van der Waals surface area contributed by atoms with Crippen LogP contribution in [0.3, 0.4) is 0 Å². The van der Waals surface area contributed by atoms with Crippen LogP contribution in [-0.4, -0.2) is 10.5 Å². The third-order valence-corrected chi connectivity index (χ3v) is 4.07. The van der Waals surface area contributed by atoms with Gasteiger partial charge in [-0.2, -0.15) is 11.8 Å². The van der Waals surface area contributed by atoms with Crippen LogP contribution in [0.1, 0.15) is 47.5 Å². The molecule has 0 aromatic carbocycles. The number of hydrogen-bond donors (Lipinski definition) is 0. The Morgan fingerprint density at radius 2 is 1.82 bits per heavy atom. The lowest BCUT2D eigenvalue weighted by atomic mass is 9.92. The summed E-state index contributed by atoms with van der Waals surface area (Å²) in [6.45, 7) is 11.6. The van der Waals surface area contributed by atoms with Gasteiger partial charge in [0.25, 0.3) is 0 Å². The summed E-state index contributed by atoms with van der Waals surface area (Å²) in [5.74, 6) is 2.04. The predicted octanol–water partition coefficient (Wildman–Crippen LogP) is 3.95. The molecular weight excluding hydrogens is 152 g/mol. The van der Waals surface area contributed by atoms with Crippen molar-refractivity contribution in [2.75, 3.05) is 5.75 Å². The Bertz CT molecular complexity index is 91.0. The van der Waals surface area contributed by atoms with Gasteiger partial charge in [-0.15, -0.1) is 0 Å². The van der Waals surface area contributed by atoms with E-state index < -0.39 is 0 Å². The fourth-order valence-corrected chi connectivity index (χ4v) is 2.69. The Balaban J connectivity index is 4.01. The molecule has 0 heterocycles. The Hall–Kier alpha value is 0.350. The molecule has 0 spiro atoms. The van der Waals surface area contributed by atoms with Crippen molar-refractivity contribution < 1.29 is 0 Å². The Morgan fingerprint density at radius 3 is 2.09 bits per heavy atom. The van der Waals surface area contributed by atoms with E-state index in [0.717, 1.165) is 5.92 Å². The molecule has 0 aliphatic rings. The maximum atomic E-state index is 2.40. The zero-order valence-electron chi connectivity index (χ0n) is 8.61. The van der Waals surface area contributed by atoms with Crippen LogP contribution in [0.5, 0.6) is 0 Å². The van der Waals surface area contributed by atoms with Crippen LogP contribution in [0.25, 0.3) is 0 Å². The highest BCUT2D eigenvalue weighted by atomic mass is 32.2. The van der Waals surface area contributed by atoms with Crippen molar-refractivity contribution in [1.82, 2.24) is 0 Å². The third-order valence-electron chi connectivity index (χ3n) is 2.44. The Morgan fingerprint density at radius 1 is 1.27 bits per heavy atom. The average Bonchev–Trinajstić information content (AvgIpc) is 1.88. The molecule has 0 amide bonds. The van der Waals surface area contributed by atoms with E-state index in [4.69, 9.17) is 0 Å². The van der Waals surface area contributed by atoms with E-state index in [0.29, 0.717) is 4.75 Å². The molecule has 0 fully saturated rings. The molecule has 11 heavy (non-hydrogen) atoms. The third kappa shape index (κ3) is 3.50. The normalized spacial score (nSPS) is 16.9. The van der Waals surface area contributed by atoms with Gasteiger partial charge in [0.2, 0.25) is 0 Å². The number of hydrogen-bond acceptors (Lipinski definition) is 1. The van der Waals surface area contributed by atoms with Crippen molar-refractivity contribution in [2.45, 2.75) is 52.2 Å². The minimum absolute atomic E-state index is 0.517. The van der Waals surface area contributed by atoms with Gasteiger partial charge in [-0.1, -0.05) is 41.0 Å². The second kappa shape index (κ2) is 5.08. The summed E-state index contributed by atoms with van der Waals surface area (Å²) in [5, 5.41) is 0. The maximum Gasteiger partial charge on any atom is 0.0154 e. The van der Waals surface area contributed by atoms with Crippen LogP contribution < -0.4 is 0 Å². The zero-order valence-corrected chi connectivity index (χ0v) is 9.42. The van der Waals surface area contributed by atoms with Crippen molar-refractivity contribution >= 4 is 11.8 Å². The highest BCUT2D eigenvalue weighted by molar-refractivity contribution is 8.00. The van der Waals surface area contributed by atoms with Gasteiger partial charge >= 0.3 is 0 Å². The molecule has 0 nitrogen and oxygen atoms in total. The molecule has 0 aliphatic heterocycles. The monoisotopic (exact) mass is 174 g/mol. The zero-order chi connectivity index (χ0) is 8.91. The molecule has 0 aliphatic carbocycles. The highest BCUT2D eigenvalue weighted by Gasteiger charge is 2.26. The van der Waals surface area contributed by atoms with Crippen LogP contribution in [0.4, 0.5) is 0 Å². The smallest absolute Gasteiger partial charge is 0.0154 e. The second-order valence-corrected chi connectivity index (χ2v) is 5.45. The number of thioether (sulfide) groups is 1. The molecule has 0 N–H and O–H groups in total. The molecule has 68 valence electrons. The van der Waals surface area contributed by atoms with E-state index in [1.54, 1.807) is 0 Å². The van der Waals surface area contributed by atoms with Gasteiger partial charge in [-0.3, -0.25) is 0 Å². The SMILES string of the molecule is CCCC(C)(SCC)C(C)C. The first-order valence-electron chi connectivity index (χ1n) is 4.70. The van der Waals surface area contributed by atoms with Gasteiger partial charge in [0.15, 0.2) is 0 Å². The van der Waals surface area contributed by atoms with Gasteiger partial charge in [-0.25, -0.2) is 0 Å². The molecule has 0 rings (SSSR count). The topological polar surface area (TPSA) is 0 Å². The average molecular weight is 174 g/mol. The van der Waals surface area contributed by atoms with E-state index in [9.17, 15) is 0 Å². The fourth-order valence-electron chi connectivity index (χ4n) is 1.35. The first-order valence-corrected chi connectivity index (χ1v) is 5.69. The molecule has 1 atom stereocenters. The first kappa shape index (κ1) is 11.4. The van der Waals surface area contributed by atoms with Gasteiger partial charge in [0, 0.05) is 4.75 Å². The lowest BCUT2D eigenvalue weighted by Gasteiger charge is -2.32. The molecule has 0 aromatic heterocycles. The van der Waals surface area contributed by atoms with E-state index in [1.807, 2.05) is 0 Å². The standard InChI is InChI=1S/C10H22S/c1-6-8-10(5,9(3)4)11-7-2/h9H,6-8H2,1-5H3. The van der Waals surface area contributed by atoms with Crippen LogP contribution in [0.2, 0.25) is 0 Å². The summed E-state index contributed by atoms with van der Waals surface area (Å²) >= 11 is 2.11.